The highest BCUT2D eigenvalue weighted by molar-refractivity contribution is 8.03. The summed E-state index contributed by atoms with van der Waals surface area (Å²) in [5.41, 5.74) is 2.36. The molecule has 0 unspecified atom stereocenters. The number of esters is 1. The predicted molar refractivity (Wildman–Crippen MR) is 178 cm³/mol. The number of rotatable bonds is 7. The van der Waals surface area contributed by atoms with Crippen molar-refractivity contribution in [1.82, 2.24) is 20.5 Å². The summed E-state index contributed by atoms with van der Waals surface area (Å²) in [7, 11) is 0. The highest BCUT2D eigenvalue weighted by atomic mass is 35.5. The molecule has 12 heteroatoms. The van der Waals surface area contributed by atoms with Gasteiger partial charge in [-0.25, -0.2) is 14.6 Å². The average molecular weight is 673 g/mol. The first kappa shape index (κ1) is 32.3. The number of β-lactam (4-membered cyclic amide) rings is 1. The van der Waals surface area contributed by atoms with E-state index in [1.165, 1.54) is 22.9 Å². The maximum absolute atomic E-state index is 14.6. The number of fused-ring (bicyclic) bond motifs is 1. The van der Waals surface area contributed by atoms with Gasteiger partial charge in [-0.3, -0.25) is 9.59 Å². The van der Waals surface area contributed by atoms with Gasteiger partial charge in [0.1, 0.15) is 22.2 Å². The number of alkyl carbamates (subject to hydrolysis) is 1. The van der Waals surface area contributed by atoms with Gasteiger partial charge in [-0.05, 0) is 61.4 Å². The van der Waals surface area contributed by atoms with Crippen LogP contribution in [-0.4, -0.2) is 63.4 Å². The van der Waals surface area contributed by atoms with E-state index in [1.807, 2.05) is 60.7 Å². The summed E-state index contributed by atoms with van der Waals surface area (Å²) in [6.07, 6.45) is 0.370. The molecule has 4 heterocycles. The molecule has 2 saturated heterocycles. The SMILES string of the molecule is CC(C)(C)OC(=O)N[C@@H]1C(=O)N2[C@@H](C(=O)OC(c3ccccc3)c3ccccc3)C(C(=C3CCNC3=O)c3cccnc3Cl)=CS[C@H]12. The van der Waals surface area contributed by atoms with Crippen molar-refractivity contribution in [3.05, 3.63) is 117 Å². The standard InChI is InChI=1S/C35H33ClN4O6S/c1-35(2,3)46-34(44)39-26-31(42)40-27(33(43)45-28(20-11-6-4-7-12-20)21-13-8-5-9-14-21)24(19-47-32(26)40)25(23-16-18-38-30(23)41)22-15-10-17-37-29(22)36/h4-15,17,19,26-28,32H,16,18H2,1-3H3,(H,38,41)(H,39,44)/t26-,27-,32-/m1/s1. The zero-order chi connectivity index (χ0) is 33.3. The van der Waals surface area contributed by atoms with Gasteiger partial charge in [-0.1, -0.05) is 72.3 Å². The van der Waals surface area contributed by atoms with Crippen LogP contribution < -0.4 is 10.6 Å². The molecular formula is C35H33ClN4O6S. The van der Waals surface area contributed by atoms with Crippen LogP contribution in [0.1, 0.15) is 50.0 Å². The van der Waals surface area contributed by atoms with E-state index in [-0.39, 0.29) is 11.1 Å². The van der Waals surface area contributed by atoms with Crippen molar-refractivity contribution in [3.8, 4) is 0 Å². The van der Waals surface area contributed by atoms with Crippen molar-refractivity contribution in [2.24, 2.45) is 0 Å². The van der Waals surface area contributed by atoms with Crippen LogP contribution in [0.25, 0.3) is 5.57 Å². The molecule has 242 valence electrons. The van der Waals surface area contributed by atoms with Gasteiger partial charge in [0.25, 0.3) is 0 Å². The smallest absolute Gasteiger partial charge is 0.408 e. The van der Waals surface area contributed by atoms with Gasteiger partial charge in [0.15, 0.2) is 12.1 Å². The van der Waals surface area contributed by atoms with Gasteiger partial charge in [0, 0.05) is 29.5 Å². The number of halogens is 1. The lowest BCUT2D eigenvalue weighted by atomic mass is 9.86. The number of carbonyl (C=O) groups is 4. The molecule has 0 saturated carbocycles. The van der Waals surface area contributed by atoms with Crippen LogP contribution in [0.4, 0.5) is 4.79 Å². The molecule has 6 rings (SSSR count). The predicted octanol–water partition coefficient (Wildman–Crippen LogP) is 5.40. The molecule has 3 aliphatic heterocycles. The van der Waals surface area contributed by atoms with Gasteiger partial charge in [0.2, 0.25) is 11.8 Å². The number of hydrogen-bond donors (Lipinski definition) is 2. The third-order valence-corrected chi connectivity index (χ3v) is 9.34. The van der Waals surface area contributed by atoms with Gasteiger partial charge < -0.3 is 25.0 Å². The zero-order valence-corrected chi connectivity index (χ0v) is 27.5. The number of nitrogens with zero attached hydrogens (tertiary/aromatic N) is 2. The van der Waals surface area contributed by atoms with Gasteiger partial charge in [-0.2, -0.15) is 0 Å². The molecule has 3 aromatic rings. The average Bonchev–Trinajstić information content (AvgIpc) is 3.48. The molecule has 3 aliphatic rings. The van der Waals surface area contributed by atoms with Gasteiger partial charge >= 0.3 is 12.1 Å². The largest absolute Gasteiger partial charge is 0.451 e. The molecule has 2 aromatic carbocycles. The number of carbonyl (C=O) groups excluding carboxylic acids is 4. The normalized spacial score (nSPS) is 21.7. The lowest BCUT2D eigenvalue weighted by Gasteiger charge is -2.52. The lowest BCUT2D eigenvalue weighted by Crippen LogP contribution is -2.74. The van der Waals surface area contributed by atoms with E-state index in [9.17, 15) is 19.2 Å². The fraction of sp³-hybridized carbons (Fsp3) is 0.286. The molecule has 1 aromatic heterocycles. The zero-order valence-electron chi connectivity index (χ0n) is 25.9. The number of benzene rings is 2. The minimum Gasteiger partial charge on any atom is -0.451 e. The minimum atomic E-state index is -1.27. The summed E-state index contributed by atoms with van der Waals surface area (Å²) in [5.74, 6) is -1.50. The Bertz CT molecular complexity index is 1740. The Morgan fingerprint density at radius 2 is 1.68 bits per heavy atom. The summed E-state index contributed by atoms with van der Waals surface area (Å²) >= 11 is 7.86. The van der Waals surface area contributed by atoms with Crippen molar-refractivity contribution in [2.75, 3.05) is 6.54 Å². The summed E-state index contributed by atoms with van der Waals surface area (Å²) in [5, 5.41) is 6.74. The van der Waals surface area contributed by atoms with Crippen molar-refractivity contribution < 1.29 is 28.7 Å². The van der Waals surface area contributed by atoms with E-state index >= 15 is 0 Å². The first-order valence-electron chi connectivity index (χ1n) is 15.1. The first-order valence-corrected chi connectivity index (χ1v) is 16.5. The van der Waals surface area contributed by atoms with Crippen molar-refractivity contribution >= 4 is 52.8 Å². The molecule has 0 radical (unpaired) electrons. The fourth-order valence-corrected chi connectivity index (χ4v) is 7.30. The van der Waals surface area contributed by atoms with Crippen molar-refractivity contribution in [3.63, 3.8) is 0 Å². The van der Waals surface area contributed by atoms with E-state index in [0.717, 1.165) is 11.1 Å². The van der Waals surface area contributed by atoms with Crippen LogP contribution >= 0.6 is 23.4 Å². The van der Waals surface area contributed by atoms with E-state index in [0.29, 0.717) is 35.2 Å². The molecule has 3 atom stereocenters. The maximum Gasteiger partial charge on any atom is 0.408 e. The highest BCUT2D eigenvalue weighted by Crippen LogP contribution is 2.47. The van der Waals surface area contributed by atoms with Crippen LogP contribution in [0.2, 0.25) is 5.15 Å². The van der Waals surface area contributed by atoms with Crippen LogP contribution in [-0.2, 0) is 23.9 Å². The van der Waals surface area contributed by atoms with E-state index in [2.05, 4.69) is 15.6 Å². The third kappa shape index (κ3) is 6.63. The van der Waals surface area contributed by atoms with E-state index < -0.39 is 47.1 Å². The number of pyridine rings is 1. The minimum absolute atomic E-state index is 0.140. The van der Waals surface area contributed by atoms with Crippen LogP contribution in [0.5, 0.6) is 0 Å². The molecule has 2 fully saturated rings. The Labute approximate surface area is 281 Å². The second-order valence-electron chi connectivity index (χ2n) is 12.2. The lowest BCUT2D eigenvalue weighted by molar-refractivity contribution is -0.164. The van der Waals surface area contributed by atoms with E-state index in [4.69, 9.17) is 21.1 Å². The molecular weight excluding hydrogens is 640 g/mol. The number of ether oxygens (including phenoxy) is 2. The number of hydrogen-bond acceptors (Lipinski definition) is 8. The van der Waals surface area contributed by atoms with Crippen LogP contribution in [0.3, 0.4) is 0 Å². The Morgan fingerprint density at radius 1 is 1.02 bits per heavy atom. The molecule has 47 heavy (non-hydrogen) atoms. The first-order chi connectivity index (χ1) is 22.5. The van der Waals surface area contributed by atoms with Crippen molar-refractivity contribution in [2.45, 2.75) is 56.4 Å². The topological polar surface area (TPSA) is 127 Å². The fourth-order valence-electron chi connectivity index (χ4n) is 5.86. The highest BCUT2D eigenvalue weighted by Gasteiger charge is 2.57. The van der Waals surface area contributed by atoms with E-state index in [1.54, 1.807) is 38.3 Å². The molecule has 3 amide bonds. The van der Waals surface area contributed by atoms with Crippen LogP contribution in [0, 0.1) is 0 Å². The number of amides is 3. The number of nitrogens with one attached hydrogen (secondary N) is 2. The number of aromatic nitrogens is 1. The second-order valence-corrected chi connectivity index (χ2v) is 13.6. The summed E-state index contributed by atoms with van der Waals surface area (Å²) in [6.45, 7) is 5.59. The molecule has 2 N–H and O–H groups in total. The van der Waals surface area contributed by atoms with Gasteiger partial charge in [0.05, 0.1) is 0 Å². The second kappa shape index (κ2) is 13.2. The number of thioether (sulfide) groups is 1. The Hall–Kier alpha value is -4.61. The van der Waals surface area contributed by atoms with Crippen LogP contribution in [0.15, 0.2) is 95.5 Å². The Kier molecular flexibility index (Phi) is 9.11. The Morgan fingerprint density at radius 3 is 2.26 bits per heavy atom. The molecule has 0 spiro atoms. The summed E-state index contributed by atoms with van der Waals surface area (Å²) < 4.78 is 11.7. The summed E-state index contributed by atoms with van der Waals surface area (Å²) in [6, 6.07) is 19.8. The molecule has 0 bridgehead atoms. The molecule has 10 nitrogen and oxygen atoms in total. The third-order valence-electron chi connectivity index (χ3n) is 7.87. The summed E-state index contributed by atoms with van der Waals surface area (Å²) in [4.78, 5) is 59.9. The van der Waals surface area contributed by atoms with Crippen molar-refractivity contribution in [1.29, 1.82) is 0 Å². The quantitative estimate of drug-likeness (QED) is 0.148. The maximum atomic E-state index is 14.6. The van der Waals surface area contributed by atoms with Gasteiger partial charge in [-0.15, -0.1) is 11.8 Å². The Balaban J connectivity index is 1.44. The monoisotopic (exact) mass is 672 g/mol. The molecule has 0 aliphatic carbocycles.